The van der Waals surface area contributed by atoms with Gasteiger partial charge in [-0.1, -0.05) is 30.3 Å². The number of nitrogens with one attached hydrogen (secondary N) is 2. The summed E-state index contributed by atoms with van der Waals surface area (Å²) < 4.78 is 10.6. The van der Waals surface area contributed by atoms with Gasteiger partial charge in [-0.15, -0.1) is 0 Å². The minimum atomic E-state index is -1.38. The first-order valence-corrected chi connectivity index (χ1v) is 13.3. The minimum Gasteiger partial charge on any atom is -0.480 e. The molecule has 3 atom stereocenters. The molecule has 0 saturated carbocycles. The Morgan fingerprint density at radius 1 is 1.10 bits per heavy atom. The third-order valence-corrected chi connectivity index (χ3v) is 6.00. The number of guanidine groups is 1. The minimum absolute atomic E-state index is 0.0263. The van der Waals surface area contributed by atoms with E-state index in [0.717, 1.165) is 5.56 Å². The van der Waals surface area contributed by atoms with Crippen molar-refractivity contribution in [2.24, 2.45) is 16.5 Å². The van der Waals surface area contributed by atoms with E-state index >= 15 is 0 Å². The smallest absolute Gasteiger partial charge is 0.408 e. The topological polar surface area (TPSA) is 216 Å². The maximum atomic E-state index is 13.6. The highest BCUT2D eigenvalue weighted by Crippen LogP contribution is 2.20. The van der Waals surface area contributed by atoms with Gasteiger partial charge in [0.05, 0.1) is 6.42 Å². The van der Waals surface area contributed by atoms with Crippen LogP contribution in [-0.2, 0) is 35.3 Å². The summed E-state index contributed by atoms with van der Waals surface area (Å²) >= 11 is 0. The van der Waals surface area contributed by atoms with Crippen molar-refractivity contribution in [2.75, 3.05) is 13.1 Å². The van der Waals surface area contributed by atoms with Gasteiger partial charge in [0.15, 0.2) is 5.96 Å². The van der Waals surface area contributed by atoms with E-state index in [1.165, 1.54) is 4.90 Å². The fourth-order valence-corrected chi connectivity index (χ4v) is 4.15. The quantitative estimate of drug-likeness (QED) is 0.0955. The number of carbonyl (C=O) groups excluding carboxylic acids is 4. The molecule has 0 aromatic heterocycles. The number of benzene rings is 1. The average molecular weight is 577 g/mol. The van der Waals surface area contributed by atoms with Crippen molar-refractivity contribution in [3.8, 4) is 0 Å². The van der Waals surface area contributed by atoms with E-state index in [4.69, 9.17) is 20.9 Å². The van der Waals surface area contributed by atoms with Gasteiger partial charge in [-0.3, -0.25) is 19.4 Å². The number of carboxylic acids is 1. The van der Waals surface area contributed by atoms with Gasteiger partial charge < -0.3 is 41.6 Å². The SMILES string of the molecule is CC(C)(C)OC(=O)N[C@@H](CC(=O)OCc1ccccc1)C(=O)N1CCC[C@H]1C(=O)N[C@@H](CCCN=C(N)N)C(=O)O. The van der Waals surface area contributed by atoms with Crippen LogP contribution in [0, 0.1) is 0 Å². The molecule has 0 bridgehead atoms. The molecule has 0 unspecified atom stereocenters. The van der Waals surface area contributed by atoms with Crippen LogP contribution in [0.25, 0.3) is 0 Å². The number of rotatable bonds is 13. The van der Waals surface area contributed by atoms with Crippen molar-refractivity contribution in [3.05, 3.63) is 35.9 Å². The average Bonchev–Trinajstić information content (AvgIpc) is 3.38. The van der Waals surface area contributed by atoms with Crippen molar-refractivity contribution in [2.45, 2.75) is 83.2 Å². The summed E-state index contributed by atoms with van der Waals surface area (Å²) in [6, 6.07) is 5.34. The van der Waals surface area contributed by atoms with Crippen LogP contribution in [0.5, 0.6) is 0 Å². The van der Waals surface area contributed by atoms with Gasteiger partial charge in [0.1, 0.15) is 30.3 Å². The molecular formula is C27H40N6O8. The Balaban J connectivity index is 2.12. The second-order valence-corrected chi connectivity index (χ2v) is 10.6. The summed E-state index contributed by atoms with van der Waals surface area (Å²) in [5.74, 6) is -3.46. The number of nitrogens with zero attached hydrogens (tertiary/aromatic N) is 2. The Labute approximate surface area is 238 Å². The second-order valence-electron chi connectivity index (χ2n) is 10.6. The lowest BCUT2D eigenvalue weighted by Crippen LogP contribution is -2.56. The number of nitrogens with two attached hydrogens (primary N) is 2. The van der Waals surface area contributed by atoms with Gasteiger partial charge in [-0.05, 0) is 52.0 Å². The van der Waals surface area contributed by atoms with Gasteiger partial charge >= 0.3 is 18.0 Å². The molecule has 14 nitrogen and oxygen atoms in total. The van der Waals surface area contributed by atoms with Crippen LogP contribution in [0.15, 0.2) is 35.3 Å². The summed E-state index contributed by atoms with van der Waals surface area (Å²) in [5.41, 5.74) is 10.4. The third-order valence-electron chi connectivity index (χ3n) is 6.00. The molecule has 7 N–H and O–H groups in total. The van der Waals surface area contributed by atoms with Crippen LogP contribution in [0.3, 0.4) is 0 Å². The fraction of sp³-hybridized carbons (Fsp3) is 0.556. The summed E-state index contributed by atoms with van der Waals surface area (Å²) in [7, 11) is 0. The first-order chi connectivity index (χ1) is 19.3. The van der Waals surface area contributed by atoms with Crippen LogP contribution in [0.4, 0.5) is 4.79 Å². The molecule has 14 heteroatoms. The van der Waals surface area contributed by atoms with Crippen molar-refractivity contribution in [1.29, 1.82) is 0 Å². The predicted molar refractivity (Wildman–Crippen MR) is 148 cm³/mol. The number of alkyl carbamates (subject to hydrolysis) is 1. The van der Waals surface area contributed by atoms with Gasteiger partial charge in [0.25, 0.3) is 0 Å². The molecule has 1 aliphatic rings. The Kier molecular flexibility index (Phi) is 12.4. The van der Waals surface area contributed by atoms with Crippen LogP contribution in [0.2, 0.25) is 0 Å². The van der Waals surface area contributed by atoms with Gasteiger partial charge in [0.2, 0.25) is 11.8 Å². The van der Waals surface area contributed by atoms with E-state index in [2.05, 4.69) is 15.6 Å². The zero-order valence-electron chi connectivity index (χ0n) is 23.6. The summed E-state index contributed by atoms with van der Waals surface area (Å²) in [6.07, 6.45) is -0.319. The lowest BCUT2D eigenvalue weighted by molar-refractivity contribution is -0.149. The number of amides is 3. The number of carboxylic acid groups (broad SMARTS) is 1. The molecule has 226 valence electrons. The van der Waals surface area contributed by atoms with Crippen molar-refractivity contribution < 1.29 is 38.6 Å². The lowest BCUT2D eigenvalue weighted by Gasteiger charge is -2.29. The normalized spacial score (nSPS) is 16.2. The molecule has 1 heterocycles. The highest BCUT2D eigenvalue weighted by Gasteiger charge is 2.40. The largest absolute Gasteiger partial charge is 0.480 e. The molecule has 1 aromatic rings. The maximum absolute atomic E-state index is 13.6. The van der Waals surface area contributed by atoms with Crippen LogP contribution < -0.4 is 22.1 Å². The lowest BCUT2D eigenvalue weighted by atomic mass is 10.1. The number of esters is 1. The van der Waals surface area contributed by atoms with E-state index in [9.17, 15) is 29.1 Å². The van der Waals surface area contributed by atoms with Crippen molar-refractivity contribution in [1.82, 2.24) is 15.5 Å². The molecule has 1 aliphatic heterocycles. The van der Waals surface area contributed by atoms with Gasteiger partial charge in [-0.2, -0.15) is 0 Å². The highest BCUT2D eigenvalue weighted by atomic mass is 16.6. The zero-order valence-corrected chi connectivity index (χ0v) is 23.6. The molecule has 0 aliphatic carbocycles. The monoisotopic (exact) mass is 576 g/mol. The molecule has 0 radical (unpaired) electrons. The Bertz CT molecular complexity index is 1100. The standard InChI is InChI=1S/C27H40N6O8/c1-27(2,3)41-26(39)32-19(15-21(34)40-16-17-9-5-4-6-10-17)23(36)33-14-8-12-20(33)22(35)31-18(24(37)38)11-7-13-30-25(28)29/h4-6,9-10,18-20H,7-8,11-16H2,1-3H3,(H,31,35)(H,32,39)(H,37,38)(H4,28,29,30)/t18-,19-,20-/m0/s1. The maximum Gasteiger partial charge on any atom is 0.408 e. The summed E-state index contributed by atoms with van der Waals surface area (Å²) in [4.78, 5) is 68.6. The third kappa shape index (κ3) is 11.7. The first-order valence-electron chi connectivity index (χ1n) is 13.3. The summed E-state index contributed by atoms with van der Waals surface area (Å²) in [6.45, 7) is 5.28. The van der Waals surface area contributed by atoms with E-state index < -0.39 is 60.0 Å². The molecule has 41 heavy (non-hydrogen) atoms. The van der Waals surface area contributed by atoms with Crippen LogP contribution >= 0.6 is 0 Å². The number of aliphatic carboxylic acids is 1. The molecule has 1 saturated heterocycles. The summed E-state index contributed by atoms with van der Waals surface area (Å²) in [5, 5.41) is 14.5. The van der Waals surface area contributed by atoms with Crippen LogP contribution in [-0.4, -0.2) is 82.6 Å². The number of carbonyl (C=O) groups is 5. The Morgan fingerprint density at radius 3 is 2.39 bits per heavy atom. The second kappa shape index (κ2) is 15.4. The number of likely N-dealkylation sites (tertiary alicyclic amines) is 1. The number of ether oxygens (including phenoxy) is 2. The van der Waals surface area contributed by atoms with Crippen LogP contribution in [0.1, 0.15) is 58.4 Å². The molecule has 0 spiro atoms. The Hall–Kier alpha value is -4.36. The number of hydrogen-bond acceptors (Lipinski definition) is 8. The highest BCUT2D eigenvalue weighted by molar-refractivity contribution is 5.95. The Morgan fingerprint density at radius 2 is 1.78 bits per heavy atom. The van der Waals surface area contributed by atoms with E-state index in [-0.39, 0.29) is 38.5 Å². The zero-order chi connectivity index (χ0) is 30.6. The van der Waals surface area contributed by atoms with Crippen molar-refractivity contribution in [3.63, 3.8) is 0 Å². The first kappa shape index (κ1) is 32.8. The molecule has 1 aromatic carbocycles. The molecular weight excluding hydrogens is 536 g/mol. The molecule has 2 rings (SSSR count). The number of aliphatic imine (C=N–C) groups is 1. The number of hydrogen-bond donors (Lipinski definition) is 5. The fourth-order valence-electron chi connectivity index (χ4n) is 4.15. The van der Waals surface area contributed by atoms with Gasteiger partial charge in [-0.25, -0.2) is 9.59 Å². The molecule has 3 amide bonds. The van der Waals surface area contributed by atoms with Crippen molar-refractivity contribution >= 4 is 35.8 Å². The van der Waals surface area contributed by atoms with E-state index in [0.29, 0.717) is 12.8 Å². The molecule has 1 fully saturated rings. The van der Waals surface area contributed by atoms with E-state index in [1.54, 1.807) is 45.0 Å². The predicted octanol–water partition coefficient (Wildman–Crippen LogP) is 0.627. The van der Waals surface area contributed by atoms with E-state index in [1.807, 2.05) is 6.07 Å². The van der Waals surface area contributed by atoms with Gasteiger partial charge in [0, 0.05) is 13.1 Å².